The number of hydrogen-bond acceptors (Lipinski definition) is 2. The van der Waals surface area contributed by atoms with Crippen molar-refractivity contribution < 1.29 is 14.7 Å². The van der Waals surface area contributed by atoms with E-state index in [1.807, 2.05) is 18.2 Å². The second-order valence-corrected chi connectivity index (χ2v) is 4.05. The van der Waals surface area contributed by atoms with Gasteiger partial charge in [-0.1, -0.05) is 30.3 Å². The van der Waals surface area contributed by atoms with Crippen molar-refractivity contribution in [2.24, 2.45) is 5.92 Å². The molecule has 0 aliphatic carbocycles. The Morgan fingerprint density at radius 2 is 2.00 bits per heavy atom. The van der Waals surface area contributed by atoms with Gasteiger partial charge in [-0.25, -0.2) is 0 Å². The molecule has 2 rings (SSSR count). The lowest BCUT2D eigenvalue weighted by atomic mass is 9.88. The summed E-state index contributed by atoms with van der Waals surface area (Å²) in [5.41, 5.74) is 0.782. The molecule has 1 saturated heterocycles. The van der Waals surface area contributed by atoms with Crippen molar-refractivity contribution in [2.45, 2.75) is 5.92 Å². The minimum atomic E-state index is -0.911. The molecule has 16 heavy (non-hydrogen) atoms. The van der Waals surface area contributed by atoms with Crippen LogP contribution in [0.3, 0.4) is 0 Å². The summed E-state index contributed by atoms with van der Waals surface area (Å²) < 4.78 is 0. The highest BCUT2D eigenvalue weighted by molar-refractivity contribution is 5.92. The fourth-order valence-corrected chi connectivity index (χ4v) is 2.16. The molecule has 1 heterocycles. The van der Waals surface area contributed by atoms with E-state index in [2.05, 4.69) is 0 Å². The van der Waals surface area contributed by atoms with E-state index in [0.29, 0.717) is 0 Å². The van der Waals surface area contributed by atoms with E-state index in [-0.39, 0.29) is 12.5 Å². The molecule has 1 aliphatic rings. The van der Waals surface area contributed by atoms with Crippen molar-refractivity contribution in [2.75, 3.05) is 13.6 Å². The van der Waals surface area contributed by atoms with Crippen LogP contribution in [0.4, 0.5) is 0 Å². The zero-order valence-corrected chi connectivity index (χ0v) is 8.96. The van der Waals surface area contributed by atoms with Gasteiger partial charge >= 0.3 is 5.97 Å². The van der Waals surface area contributed by atoms with Gasteiger partial charge in [0, 0.05) is 13.6 Å². The average molecular weight is 219 g/mol. The van der Waals surface area contributed by atoms with Crippen LogP contribution < -0.4 is 0 Å². The molecule has 1 aromatic rings. The summed E-state index contributed by atoms with van der Waals surface area (Å²) in [5, 5.41) is 9.10. The number of benzene rings is 1. The van der Waals surface area contributed by atoms with Gasteiger partial charge in [0.1, 0.15) is 0 Å². The van der Waals surface area contributed by atoms with Crippen molar-refractivity contribution in [1.29, 1.82) is 0 Å². The van der Waals surface area contributed by atoms with Gasteiger partial charge in [-0.3, -0.25) is 9.59 Å². The first kappa shape index (κ1) is 10.7. The van der Waals surface area contributed by atoms with Crippen molar-refractivity contribution in [3.05, 3.63) is 35.9 Å². The van der Waals surface area contributed by atoms with Gasteiger partial charge in [0.2, 0.25) is 5.91 Å². The summed E-state index contributed by atoms with van der Waals surface area (Å²) in [6.07, 6.45) is 0. The summed E-state index contributed by atoms with van der Waals surface area (Å²) >= 11 is 0. The molecule has 0 spiro atoms. The van der Waals surface area contributed by atoms with Crippen LogP contribution >= 0.6 is 0 Å². The Labute approximate surface area is 93.5 Å². The second-order valence-electron chi connectivity index (χ2n) is 4.05. The molecular formula is C12H13NO3. The lowest BCUT2D eigenvalue weighted by Crippen LogP contribution is -2.22. The minimum Gasteiger partial charge on any atom is -0.481 e. The van der Waals surface area contributed by atoms with Crippen molar-refractivity contribution in [3.63, 3.8) is 0 Å². The van der Waals surface area contributed by atoms with E-state index in [4.69, 9.17) is 5.11 Å². The second kappa shape index (κ2) is 3.96. The Morgan fingerprint density at radius 3 is 2.56 bits per heavy atom. The molecule has 1 N–H and O–H groups in total. The molecule has 1 aromatic carbocycles. The smallest absolute Gasteiger partial charge is 0.309 e. The number of nitrogens with zero attached hydrogens (tertiary/aromatic N) is 1. The normalized spacial score (nSPS) is 24.8. The Hall–Kier alpha value is -1.84. The fraction of sp³-hybridized carbons (Fsp3) is 0.333. The zero-order valence-electron chi connectivity index (χ0n) is 8.96. The molecular weight excluding hydrogens is 206 g/mol. The molecule has 1 fully saturated rings. The highest BCUT2D eigenvalue weighted by atomic mass is 16.4. The van der Waals surface area contributed by atoms with E-state index in [9.17, 15) is 9.59 Å². The summed E-state index contributed by atoms with van der Waals surface area (Å²) in [6, 6.07) is 9.09. The number of amides is 1. The van der Waals surface area contributed by atoms with Crippen LogP contribution in [0, 0.1) is 5.92 Å². The van der Waals surface area contributed by atoms with E-state index in [0.717, 1.165) is 5.56 Å². The number of carbonyl (C=O) groups is 2. The van der Waals surface area contributed by atoms with Gasteiger partial charge in [-0.2, -0.15) is 0 Å². The summed E-state index contributed by atoms with van der Waals surface area (Å²) in [7, 11) is 1.64. The minimum absolute atomic E-state index is 0.112. The Bertz CT molecular complexity index is 416. The van der Waals surface area contributed by atoms with Crippen LogP contribution in [0.1, 0.15) is 11.5 Å². The standard InChI is InChI=1S/C12H13NO3/c1-13-7-9(12(15)16)10(11(13)14)8-5-3-2-4-6-8/h2-6,9-10H,7H2,1H3,(H,15,16). The van der Waals surface area contributed by atoms with Crippen molar-refractivity contribution in [1.82, 2.24) is 4.90 Å². The SMILES string of the molecule is CN1CC(C(=O)O)C(c2ccccc2)C1=O. The number of carbonyl (C=O) groups excluding carboxylic acids is 1. The van der Waals surface area contributed by atoms with Crippen LogP contribution in [-0.4, -0.2) is 35.5 Å². The largest absolute Gasteiger partial charge is 0.481 e. The summed E-state index contributed by atoms with van der Waals surface area (Å²) in [6.45, 7) is 0.285. The molecule has 4 heteroatoms. The topological polar surface area (TPSA) is 57.6 Å². The third-order valence-electron chi connectivity index (χ3n) is 2.99. The van der Waals surface area contributed by atoms with E-state index >= 15 is 0 Å². The Balaban J connectivity index is 2.37. The van der Waals surface area contributed by atoms with E-state index in [1.54, 1.807) is 19.2 Å². The first-order valence-corrected chi connectivity index (χ1v) is 5.14. The number of hydrogen-bond donors (Lipinski definition) is 1. The molecule has 0 radical (unpaired) electrons. The number of likely N-dealkylation sites (N-methyl/N-ethyl adjacent to an activating group) is 1. The van der Waals surface area contributed by atoms with Crippen LogP contribution in [-0.2, 0) is 9.59 Å². The number of rotatable bonds is 2. The highest BCUT2D eigenvalue weighted by Gasteiger charge is 2.43. The maximum absolute atomic E-state index is 11.9. The lowest BCUT2D eigenvalue weighted by Gasteiger charge is -2.12. The lowest BCUT2D eigenvalue weighted by molar-refractivity contribution is -0.142. The quantitative estimate of drug-likeness (QED) is 0.805. The molecule has 0 bridgehead atoms. The van der Waals surface area contributed by atoms with Gasteiger partial charge in [0.15, 0.2) is 0 Å². The van der Waals surface area contributed by atoms with E-state index < -0.39 is 17.8 Å². The van der Waals surface area contributed by atoms with E-state index in [1.165, 1.54) is 4.90 Å². The molecule has 2 atom stereocenters. The van der Waals surface area contributed by atoms with Gasteiger partial charge < -0.3 is 10.0 Å². The van der Waals surface area contributed by atoms with Crippen LogP contribution in [0.15, 0.2) is 30.3 Å². The molecule has 1 amide bonds. The maximum Gasteiger partial charge on any atom is 0.309 e. The van der Waals surface area contributed by atoms with Crippen LogP contribution in [0.5, 0.6) is 0 Å². The van der Waals surface area contributed by atoms with Crippen molar-refractivity contribution >= 4 is 11.9 Å². The molecule has 2 unspecified atom stereocenters. The van der Waals surface area contributed by atoms with Crippen LogP contribution in [0.2, 0.25) is 0 Å². The third-order valence-corrected chi connectivity index (χ3v) is 2.99. The highest BCUT2D eigenvalue weighted by Crippen LogP contribution is 2.33. The number of aliphatic carboxylic acids is 1. The summed E-state index contributed by atoms with van der Waals surface area (Å²) in [5.74, 6) is -2.20. The Morgan fingerprint density at radius 1 is 1.38 bits per heavy atom. The predicted octanol–water partition coefficient (Wildman–Crippen LogP) is 0.943. The average Bonchev–Trinajstić information content (AvgIpc) is 2.57. The number of likely N-dealkylation sites (tertiary alicyclic amines) is 1. The monoisotopic (exact) mass is 219 g/mol. The van der Waals surface area contributed by atoms with Crippen LogP contribution in [0.25, 0.3) is 0 Å². The summed E-state index contributed by atoms with van der Waals surface area (Å²) in [4.78, 5) is 24.5. The predicted molar refractivity (Wildman–Crippen MR) is 57.9 cm³/mol. The third kappa shape index (κ3) is 1.66. The van der Waals surface area contributed by atoms with Gasteiger partial charge in [-0.15, -0.1) is 0 Å². The fourth-order valence-electron chi connectivity index (χ4n) is 2.16. The molecule has 4 nitrogen and oxygen atoms in total. The molecule has 0 aromatic heterocycles. The van der Waals surface area contributed by atoms with Gasteiger partial charge in [0.25, 0.3) is 0 Å². The zero-order chi connectivity index (χ0) is 11.7. The number of carboxylic acids is 1. The Kier molecular flexibility index (Phi) is 2.64. The number of carboxylic acid groups (broad SMARTS) is 1. The first-order chi connectivity index (χ1) is 7.61. The van der Waals surface area contributed by atoms with Gasteiger partial charge in [-0.05, 0) is 5.56 Å². The van der Waals surface area contributed by atoms with Gasteiger partial charge in [0.05, 0.1) is 11.8 Å². The molecule has 0 saturated carbocycles. The maximum atomic E-state index is 11.9. The molecule has 1 aliphatic heterocycles. The first-order valence-electron chi connectivity index (χ1n) is 5.14. The van der Waals surface area contributed by atoms with Crippen molar-refractivity contribution in [3.8, 4) is 0 Å². The molecule has 84 valence electrons.